The molecule has 0 bridgehead atoms. The molecule has 4 aliphatic heterocycles. The van der Waals surface area contributed by atoms with Crippen molar-refractivity contribution in [2.24, 2.45) is 0 Å². The Morgan fingerprint density at radius 3 is 2.85 bits per heavy atom. The number of hydrogen-bond acceptors (Lipinski definition) is 10. The van der Waals surface area contributed by atoms with Gasteiger partial charge >= 0.3 is 6.01 Å². The molecular formula is C34H35F3N8O2. The van der Waals surface area contributed by atoms with Gasteiger partial charge in [-0.05, 0) is 43.0 Å². The first-order valence-electron chi connectivity index (χ1n) is 16.2. The van der Waals surface area contributed by atoms with Gasteiger partial charge in [0, 0.05) is 74.9 Å². The predicted molar refractivity (Wildman–Crippen MR) is 170 cm³/mol. The number of aromatic hydroxyl groups is 1. The van der Waals surface area contributed by atoms with Crippen LogP contribution in [0.15, 0.2) is 36.5 Å². The number of pyridine rings is 1. The number of phenolic OH excluding ortho intramolecular Hbond substituents is 1. The Bertz CT molecular complexity index is 1900. The number of halogens is 3. The van der Waals surface area contributed by atoms with Crippen molar-refractivity contribution < 1.29 is 23.0 Å². The molecular weight excluding hydrogens is 609 g/mol. The van der Waals surface area contributed by atoms with Crippen molar-refractivity contribution in [3.05, 3.63) is 48.2 Å². The quantitative estimate of drug-likeness (QED) is 0.271. The molecule has 4 saturated heterocycles. The zero-order valence-electron chi connectivity index (χ0n) is 25.8. The number of piperazine rings is 1. The number of alkyl halides is 1. The molecule has 0 unspecified atom stereocenters. The lowest BCUT2D eigenvalue weighted by molar-refractivity contribution is 0.107. The van der Waals surface area contributed by atoms with Crippen LogP contribution in [0.2, 0.25) is 0 Å². The number of nitrogens with one attached hydrogen (secondary N) is 1. The van der Waals surface area contributed by atoms with Crippen molar-refractivity contribution in [3.63, 3.8) is 0 Å². The summed E-state index contributed by atoms with van der Waals surface area (Å²) in [5.74, 6) is -1.10. The average molecular weight is 645 g/mol. The molecule has 2 aromatic heterocycles. The van der Waals surface area contributed by atoms with Gasteiger partial charge in [-0.1, -0.05) is 12.1 Å². The van der Waals surface area contributed by atoms with Gasteiger partial charge in [0.25, 0.3) is 0 Å². The first-order chi connectivity index (χ1) is 22.8. The molecule has 47 heavy (non-hydrogen) atoms. The molecule has 0 saturated carbocycles. The third kappa shape index (κ3) is 5.48. The number of hydrogen-bond donors (Lipinski definition) is 2. The molecule has 2 aromatic carbocycles. The Labute approximate surface area is 269 Å². The maximum atomic E-state index is 16.7. The summed E-state index contributed by atoms with van der Waals surface area (Å²) in [6, 6.07) is 9.79. The Hall–Kier alpha value is -4.25. The molecule has 0 spiro atoms. The molecule has 4 fully saturated rings. The smallest absolute Gasteiger partial charge is 0.319 e. The van der Waals surface area contributed by atoms with Crippen LogP contribution in [0.1, 0.15) is 25.7 Å². The van der Waals surface area contributed by atoms with Crippen LogP contribution in [-0.2, 0) is 0 Å². The molecule has 4 atom stereocenters. The van der Waals surface area contributed by atoms with E-state index in [1.165, 1.54) is 30.5 Å². The molecule has 4 aromatic rings. The summed E-state index contributed by atoms with van der Waals surface area (Å²) in [5.41, 5.74) is -0.588. The van der Waals surface area contributed by atoms with Gasteiger partial charge in [-0.15, -0.1) is 0 Å². The van der Waals surface area contributed by atoms with E-state index in [9.17, 15) is 14.8 Å². The lowest BCUT2D eigenvalue weighted by atomic mass is 9.95. The van der Waals surface area contributed by atoms with E-state index in [0.29, 0.717) is 61.7 Å². The number of benzene rings is 2. The summed E-state index contributed by atoms with van der Waals surface area (Å²) in [6.45, 7) is 4.89. The highest BCUT2D eigenvalue weighted by atomic mass is 19.1. The van der Waals surface area contributed by atoms with Gasteiger partial charge < -0.3 is 20.1 Å². The van der Waals surface area contributed by atoms with Gasteiger partial charge in [-0.2, -0.15) is 15.2 Å². The zero-order valence-corrected chi connectivity index (χ0v) is 25.8. The third-order valence-corrected chi connectivity index (χ3v) is 10.2. The Morgan fingerprint density at radius 2 is 2.02 bits per heavy atom. The van der Waals surface area contributed by atoms with Crippen molar-refractivity contribution in [3.8, 4) is 29.1 Å². The van der Waals surface area contributed by atoms with E-state index in [2.05, 4.69) is 31.2 Å². The number of fused-ring (bicyclic) bond motifs is 3. The first-order valence-corrected chi connectivity index (χ1v) is 16.2. The topological polar surface area (TPSA) is 124 Å². The fourth-order valence-corrected chi connectivity index (χ4v) is 7.84. The number of rotatable bonds is 8. The number of aromatic nitrogens is 3. The van der Waals surface area contributed by atoms with Crippen molar-refractivity contribution in [1.82, 2.24) is 30.1 Å². The maximum absolute atomic E-state index is 16.7. The largest absolute Gasteiger partial charge is 0.508 e. The second kappa shape index (κ2) is 11.8. The maximum Gasteiger partial charge on any atom is 0.319 e. The van der Waals surface area contributed by atoms with E-state index in [1.54, 1.807) is 6.07 Å². The van der Waals surface area contributed by atoms with E-state index in [1.807, 2.05) is 4.90 Å². The minimum Gasteiger partial charge on any atom is -0.508 e. The second-order valence-electron chi connectivity index (χ2n) is 13.3. The van der Waals surface area contributed by atoms with Crippen LogP contribution in [0.4, 0.5) is 19.0 Å². The number of phenols is 1. The molecule has 2 N–H and O–H groups in total. The van der Waals surface area contributed by atoms with Crippen LogP contribution in [0.25, 0.3) is 32.9 Å². The second-order valence-corrected chi connectivity index (χ2v) is 13.3. The lowest BCUT2D eigenvalue weighted by Crippen LogP contribution is -2.54. The highest BCUT2D eigenvalue weighted by Gasteiger charge is 2.49. The Morgan fingerprint density at radius 1 is 1.15 bits per heavy atom. The minimum atomic E-state index is -0.935. The molecule has 6 heterocycles. The Balaban J connectivity index is 1.22. The van der Waals surface area contributed by atoms with Crippen LogP contribution >= 0.6 is 0 Å². The van der Waals surface area contributed by atoms with Gasteiger partial charge in [0.15, 0.2) is 5.82 Å². The number of anilines is 1. The van der Waals surface area contributed by atoms with Crippen LogP contribution in [0.5, 0.6) is 11.8 Å². The average Bonchev–Trinajstić information content (AvgIpc) is 3.71. The molecule has 0 radical (unpaired) electrons. The van der Waals surface area contributed by atoms with Crippen molar-refractivity contribution >= 4 is 27.5 Å². The zero-order chi connectivity index (χ0) is 32.3. The molecule has 13 heteroatoms. The third-order valence-electron chi connectivity index (χ3n) is 10.2. The van der Waals surface area contributed by atoms with Crippen LogP contribution in [0.3, 0.4) is 0 Å². The first kappa shape index (κ1) is 30.1. The summed E-state index contributed by atoms with van der Waals surface area (Å²) in [4.78, 5) is 20.2. The minimum absolute atomic E-state index is 0.0412. The van der Waals surface area contributed by atoms with Gasteiger partial charge in [0.2, 0.25) is 0 Å². The summed E-state index contributed by atoms with van der Waals surface area (Å²) < 4.78 is 52.6. The number of nitriles is 1. The van der Waals surface area contributed by atoms with Crippen molar-refractivity contribution in [2.45, 2.75) is 49.5 Å². The normalized spacial score (nSPS) is 26.2. The standard InChI is InChI=1S/C34H35F3N8O2/c35-21-13-34(6-2-8-45(34)16-21)19-47-33-41-31-26(32(42-33)44-10-9-43(17-22-14-39-22)23(18-44)5-7-38)15-40-30(29(31)37)25-12-24(46)11-20-3-1-4-27(36)28(20)25/h1,3-4,11-12,15,21-23,39,46H,2,5-6,8-10,13-14,16-19H2/t21-,22-,23+,34+/m1/s1. The monoisotopic (exact) mass is 644 g/mol. The van der Waals surface area contributed by atoms with Crippen LogP contribution in [0, 0.1) is 23.0 Å². The van der Waals surface area contributed by atoms with E-state index >= 15 is 8.78 Å². The van der Waals surface area contributed by atoms with E-state index in [4.69, 9.17) is 9.72 Å². The van der Waals surface area contributed by atoms with E-state index in [-0.39, 0.29) is 46.6 Å². The summed E-state index contributed by atoms with van der Waals surface area (Å²) in [5, 5.41) is 24.3. The van der Waals surface area contributed by atoms with Gasteiger partial charge in [0.1, 0.15) is 41.4 Å². The highest BCUT2D eigenvalue weighted by Crippen LogP contribution is 2.41. The highest BCUT2D eigenvalue weighted by molar-refractivity contribution is 6.00. The number of nitrogens with zero attached hydrogens (tertiary/aromatic N) is 7. The lowest BCUT2D eigenvalue weighted by Gasteiger charge is -2.41. The number of ether oxygens (including phenoxy) is 1. The summed E-state index contributed by atoms with van der Waals surface area (Å²) in [7, 11) is 0. The fraction of sp³-hybridized carbons (Fsp3) is 0.471. The Kier molecular flexibility index (Phi) is 7.54. The molecule has 8 rings (SSSR count). The SMILES string of the molecule is N#CC[C@H]1CN(c2nc(OC[C@@]34CCCN3C[C@H](F)C4)nc3c(F)c(-c4cc(O)cc5cccc(F)c45)ncc23)CCN1C[C@H]1CN1. The van der Waals surface area contributed by atoms with Crippen molar-refractivity contribution in [1.29, 1.82) is 5.26 Å². The van der Waals surface area contributed by atoms with Gasteiger partial charge in [-0.25, -0.2) is 13.2 Å². The summed E-state index contributed by atoms with van der Waals surface area (Å²) >= 11 is 0. The summed E-state index contributed by atoms with van der Waals surface area (Å²) in [6.07, 6.45) is 2.96. The van der Waals surface area contributed by atoms with E-state index < -0.39 is 23.3 Å². The molecule has 244 valence electrons. The van der Waals surface area contributed by atoms with Gasteiger partial charge in [-0.3, -0.25) is 14.8 Å². The molecule has 10 nitrogen and oxygen atoms in total. The molecule has 0 amide bonds. The predicted octanol–water partition coefficient (Wildman–Crippen LogP) is 4.16. The van der Waals surface area contributed by atoms with Crippen molar-refractivity contribution in [2.75, 3.05) is 57.3 Å². The van der Waals surface area contributed by atoms with Gasteiger partial charge in [0.05, 0.1) is 23.4 Å². The van der Waals surface area contributed by atoms with E-state index in [0.717, 1.165) is 32.5 Å². The molecule has 4 aliphatic rings. The fourth-order valence-electron chi connectivity index (χ4n) is 7.84. The van der Waals surface area contributed by atoms with Crippen LogP contribution in [-0.4, -0.2) is 106 Å². The molecule has 0 aliphatic carbocycles. The van der Waals surface area contributed by atoms with Crippen LogP contribution < -0.4 is 15.0 Å².